The van der Waals surface area contributed by atoms with Gasteiger partial charge in [-0.1, -0.05) is 167 Å². The molecule has 0 bridgehead atoms. The fraction of sp³-hybridized carbons (Fsp3) is 0.115. The maximum absolute atomic E-state index is 2.49. The normalized spacial score (nSPS) is 14.3. The third-order valence-corrected chi connectivity index (χ3v) is 12.0. The van der Waals surface area contributed by atoms with Gasteiger partial charge in [0.2, 0.25) is 0 Å². The Kier molecular flexibility index (Phi) is 6.94. The van der Waals surface area contributed by atoms with Crippen LogP contribution in [0.5, 0.6) is 0 Å². The van der Waals surface area contributed by atoms with Gasteiger partial charge in [0, 0.05) is 27.6 Å². The van der Waals surface area contributed by atoms with Gasteiger partial charge in [-0.15, -0.1) is 0 Å². The predicted molar refractivity (Wildman–Crippen MR) is 225 cm³/mol. The van der Waals surface area contributed by atoms with Crippen LogP contribution >= 0.6 is 0 Å². The standard InChI is InChI=1S/C52H41N/c1-51(2)45-23-13-11-20-39(45)40-31-30-38(32-47(40)51)53(37-28-26-35(27-29-37)34-16-7-5-8-17-34)48-25-15-22-41-44(48)33-43(36-18-9-6-10-19-36)49-42-21-12-14-24-46(42)52(3,4)50(41)49/h5-33H,1-4H3. The Labute approximate surface area is 312 Å². The molecule has 0 N–H and O–H groups in total. The second kappa shape index (κ2) is 11.7. The molecule has 1 heteroatoms. The van der Waals surface area contributed by atoms with E-state index in [1.54, 1.807) is 0 Å². The van der Waals surface area contributed by atoms with Crippen molar-refractivity contribution in [1.82, 2.24) is 0 Å². The van der Waals surface area contributed by atoms with Gasteiger partial charge in [0.25, 0.3) is 0 Å². The Bertz CT molecular complexity index is 2700. The van der Waals surface area contributed by atoms with E-state index in [0.717, 1.165) is 11.4 Å². The zero-order valence-corrected chi connectivity index (χ0v) is 30.7. The van der Waals surface area contributed by atoms with Gasteiger partial charge in [-0.2, -0.15) is 0 Å². The minimum absolute atomic E-state index is 0.110. The van der Waals surface area contributed by atoms with Crippen molar-refractivity contribution in [2.24, 2.45) is 0 Å². The Hall–Kier alpha value is -6.18. The average molecular weight is 680 g/mol. The first-order chi connectivity index (χ1) is 25.8. The van der Waals surface area contributed by atoms with Crippen LogP contribution in [0.25, 0.3) is 55.3 Å². The molecule has 2 aliphatic carbocycles. The Morgan fingerprint density at radius 3 is 1.64 bits per heavy atom. The number of fused-ring (bicyclic) bond motifs is 8. The highest BCUT2D eigenvalue weighted by atomic mass is 15.1. The fourth-order valence-corrected chi connectivity index (χ4v) is 9.45. The minimum atomic E-state index is -0.168. The third kappa shape index (κ3) is 4.70. The maximum atomic E-state index is 2.49. The van der Waals surface area contributed by atoms with Crippen LogP contribution in [-0.4, -0.2) is 0 Å². The smallest absolute Gasteiger partial charge is 0.0540 e. The van der Waals surface area contributed by atoms with Crippen LogP contribution in [0.4, 0.5) is 17.1 Å². The van der Waals surface area contributed by atoms with Crippen molar-refractivity contribution >= 4 is 27.8 Å². The van der Waals surface area contributed by atoms with Crippen molar-refractivity contribution in [2.45, 2.75) is 38.5 Å². The van der Waals surface area contributed by atoms with E-state index in [0.29, 0.717) is 0 Å². The summed E-state index contributed by atoms with van der Waals surface area (Å²) >= 11 is 0. The summed E-state index contributed by atoms with van der Waals surface area (Å²) in [6.45, 7) is 9.54. The lowest BCUT2D eigenvalue weighted by atomic mass is 9.79. The Balaban J connectivity index is 1.25. The second-order valence-corrected chi connectivity index (χ2v) is 15.7. The van der Waals surface area contributed by atoms with Crippen LogP contribution in [0.3, 0.4) is 0 Å². The van der Waals surface area contributed by atoms with Crippen LogP contribution in [0, 0.1) is 0 Å². The van der Waals surface area contributed by atoms with Crippen LogP contribution in [0.15, 0.2) is 176 Å². The Morgan fingerprint density at radius 2 is 0.925 bits per heavy atom. The summed E-state index contributed by atoms with van der Waals surface area (Å²) in [7, 11) is 0. The second-order valence-electron chi connectivity index (χ2n) is 15.7. The van der Waals surface area contributed by atoms with Crippen LogP contribution < -0.4 is 4.90 Å². The summed E-state index contributed by atoms with van der Waals surface area (Å²) in [5.74, 6) is 0. The zero-order valence-electron chi connectivity index (χ0n) is 30.7. The van der Waals surface area contributed by atoms with Gasteiger partial charge in [-0.05, 0) is 109 Å². The molecule has 254 valence electrons. The van der Waals surface area contributed by atoms with Crippen molar-refractivity contribution in [3.8, 4) is 44.5 Å². The van der Waals surface area contributed by atoms with E-state index in [-0.39, 0.29) is 10.8 Å². The van der Waals surface area contributed by atoms with Crippen molar-refractivity contribution < 1.29 is 0 Å². The summed E-state index contributed by atoms with van der Waals surface area (Å²) in [6.07, 6.45) is 0. The molecule has 0 aromatic heterocycles. The molecule has 0 unspecified atom stereocenters. The molecule has 2 aliphatic rings. The van der Waals surface area contributed by atoms with Crippen LogP contribution in [0.1, 0.15) is 49.9 Å². The van der Waals surface area contributed by atoms with Gasteiger partial charge in [0.15, 0.2) is 0 Å². The minimum Gasteiger partial charge on any atom is -0.310 e. The van der Waals surface area contributed by atoms with Crippen molar-refractivity contribution in [3.05, 3.63) is 198 Å². The number of benzene rings is 8. The van der Waals surface area contributed by atoms with Crippen molar-refractivity contribution in [1.29, 1.82) is 0 Å². The fourth-order valence-electron chi connectivity index (χ4n) is 9.45. The van der Waals surface area contributed by atoms with E-state index in [1.807, 2.05) is 0 Å². The predicted octanol–water partition coefficient (Wildman–Crippen LogP) is 14.3. The summed E-state index contributed by atoms with van der Waals surface area (Å²) in [4.78, 5) is 2.49. The molecular formula is C52H41N. The van der Waals surface area contributed by atoms with E-state index >= 15 is 0 Å². The molecule has 0 aliphatic heterocycles. The average Bonchev–Trinajstić information content (AvgIpc) is 3.59. The van der Waals surface area contributed by atoms with Crippen LogP contribution in [0.2, 0.25) is 0 Å². The third-order valence-electron chi connectivity index (χ3n) is 12.0. The van der Waals surface area contributed by atoms with E-state index in [4.69, 9.17) is 0 Å². The molecule has 0 radical (unpaired) electrons. The largest absolute Gasteiger partial charge is 0.310 e. The lowest BCUT2D eigenvalue weighted by molar-refractivity contribution is 0.660. The van der Waals surface area contributed by atoms with Gasteiger partial charge >= 0.3 is 0 Å². The molecular weight excluding hydrogens is 639 g/mol. The number of rotatable bonds is 5. The number of hydrogen-bond donors (Lipinski definition) is 0. The quantitative estimate of drug-likeness (QED) is 0.175. The molecule has 0 amide bonds. The lowest BCUT2D eigenvalue weighted by Crippen LogP contribution is -2.17. The molecule has 0 heterocycles. The van der Waals surface area contributed by atoms with Crippen molar-refractivity contribution in [2.75, 3.05) is 4.90 Å². The highest BCUT2D eigenvalue weighted by Gasteiger charge is 2.39. The van der Waals surface area contributed by atoms with E-state index in [9.17, 15) is 0 Å². The Morgan fingerprint density at radius 1 is 0.358 bits per heavy atom. The molecule has 8 aromatic rings. The highest BCUT2D eigenvalue weighted by molar-refractivity contribution is 6.10. The summed E-state index contributed by atoms with van der Waals surface area (Å²) < 4.78 is 0. The van der Waals surface area contributed by atoms with Crippen LogP contribution in [-0.2, 0) is 10.8 Å². The first-order valence-electron chi connectivity index (χ1n) is 18.8. The lowest BCUT2D eigenvalue weighted by Gasteiger charge is -2.30. The monoisotopic (exact) mass is 679 g/mol. The molecule has 0 atom stereocenters. The first kappa shape index (κ1) is 31.5. The summed E-state index contributed by atoms with van der Waals surface area (Å²) in [5, 5.41) is 2.55. The highest BCUT2D eigenvalue weighted by Crippen LogP contribution is 2.57. The number of anilines is 3. The summed E-state index contributed by atoms with van der Waals surface area (Å²) in [5.41, 5.74) is 19.1. The van der Waals surface area contributed by atoms with E-state index in [2.05, 4.69) is 209 Å². The summed E-state index contributed by atoms with van der Waals surface area (Å²) in [6, 6.07) is 65.2. The zero-order chi connectivity index (χ0) is 35.9. The molecule has 0 saturated heterocycles. The first-order valence-corrected chi connectivity index (χ1v) is 18.8. The molecule has 0 spiro atoms. The van der Waals surface area contributed by atoms with Gasteiger partial charge in [-0.3, -0.25) is 0 Å². The van der Waals surface area contributed by atoms with E-state index in [1.165, 1.54) is 83.2 Å². The molecule has 8 aromatic carbocycles. The molecule has 1 nitrogen and oxygen atoms in total. The molecule has 10 rings (SSSR count). The van der Waals surface area contributed by atoms with Gasteiger partial charge < -0.3 is 4.90 Å². The number of hydrogen-bond acceptors (Lipinski definition) is 1. The van der Waals surface area contributed by atoms with Gasteiger partial charge in [0.05, 0.1) is 5.69 Å². The van der Waals surface area contributed by atoms with Gasteiger partial charge in [-0.25, -0.2) is 0 Å². The van der Waals surface area contributed by atoms with Crippen molar-refractivity contribution in [3.63, 3.8) is 0 Å². The van der Waals surface area contributed by atoms with E-state index < -0.39 is 0 Å². The molecule has 0 saturated carbocycles. The number of nitrogens with zero attached hydrogens (tertiary/aromatic N) is 1. The maximum Gasteiger partial charge on any atom is 0.0540 e. The molecule has 0 fully saturated rings. The topological polar surface area (TPSA) is 3.24 Å². The van der Waals surface area contributed by atoms with Gasteiger partial charge in [0.1, 0.15) is 0 Å². The SMILES string of the molecule is CC1(C)c2ccccc2-c2ccc(N(c3ccc(-c4ccccc4)cc3)c3cccc4c5c(c(-c6ccccc6)cc34)-c3ccccc3C5(C)C)cc21. The molecule has 53 heavy (non-hydrogen) atoms.